The number of amides is 2. The Morgan fingerprint density at radius 3 is 2.33 bits per heavy atom. The first-order chi connectivity index (χ1) is 17.4. The molecule has 4 aromatic rings. The summed E-state index contributed by atoms with van der Waals surface area (Å²) >= 11 is 6.05. The molecule has 0 spiro atoms. The van der Waals surface area contributed by atoms with Crippen LogP contribution < -0.4 is 10.2 Å². The largest absolute Gasteiger partial charge is 0.348 e. The van der Waals surface area contributed by atoms with E-state index >= 15 is 0 Å². The summed E-state index contributed by atoms with van der Waals surface area (Å²) in [5.41, 5.74) is 4.21. The number of halogens is 1. The number of carbonyl (C=O) groups excluding carboxylic acids is 2. The zero-order valence-electron chi connectivity index (χ0n) is 19.5. The molecule has 0 saturated heterocycles. The van der Waals surface area contributed by atoms with E-state index in [1.807, 2.05) is 43.3 Å². The van der Waals surface area contributed by atoms with Gasteiger partial charge in [0.1, 0.15) is 0 Å². The summed E-state index contributed by atoms with van der Waals surface area (Å²) in [5, 5.41) is 3.53. The van der Waals surface area contributed by atoms with Crippen LogP contribution in [0.1, 0.15) is 37.4 Å². The molecule has 2 amide bonds. The van der Waals surface area contributed by atoms with E-state index < -0.39 is 10.8 Å². The average molecular weight is 515 g/mol. The molecule has 5 nitrogen and oxygen atoms in total. The van der Waals surface area contributed by atoms with Crippen LogP contribution in [-0.2, 0) is 23.9 Å². The van der Waals surface area contributed by atoms with Crippen molar-refractivity contribution in [2.45, 2.75) is 29.8 Å². The first-order valence-corrected chi connectivity index (χ1v) is 13.0. The van der Waals surface area contributed by atoms with Crippen LogP contribution in [0.3, 0.4) is 0 Å². The van der Waals surface area contributed by atoms with E-state index in [1.54, 1.807) is 59.5 Å². The molecule has 0 aliphatic carbocycles. The van der Waals surface area contributed by atoms with Gasteiger partial charge in [-0.15, -0.1) is 0 Å². The Hall–Kier alpha value is -3.74. The average Bonchev–Trinajstić information content (AvgIpc) is 2.98. The third kappa shape index (κ3) is 4.83. The Balaban J connectivity index is 1.52. The number of fused-ring (bicyclic) bond motifs is 2. The summed E-state index contributed by atoms with van der Waals surface area (Å²) in [6.07, 6.45) is 0. The Labute approximate surface area is 217 Å². The summed E-state index contributed by atoms with van der Waals surface area (Å²) in [7, 11) is -1.58. The number of rotatable bonds is 5. The predicted octanol–water partition coefficient (Wildman–Crippen LogP) is 5.91. The van der Waals surface area contributed by atoms with Crippen LogP contribution >= 0.6 is 11.6 Å². The molecule has 0 fully saturated rings. The van der Waals surface area contributed by atoms with E-state index in [-0.39, 0.29) is 18.4 Å². The lowest BCUT2D eigenvalue weighted by Crippen LogP contribution is -2.31. The number of carbonyl (C=O) groups is 2. The maximum atomic E-state index is 13.7. The van der Waals surface area contributed by atoms with Gasteiger partial charge in [0.05, 0.1) is 38.4 Å². The van der Waals surface area contributed by atoms with Gasteiger partial charge < -0.3 is 10.2 Å². The molecule has 1 N–H and O–H groups in total. The van der Waals surface area contributed by atoms with E-state index in [1.165, 1.54) is 0 Å². The molecular weight excluding hydrogens is 492 g/mol. The number of hydrogen-bond acceptors (Lipinski definition) is 3. The first kappa shape index (κ1) is 24.0. The molecule has 0 saturated carbocycles. The van der Waals surface area contributed by atoms with Crippen molar-refractivity contribution < 1.29 is 13.8 Å². The van der Waals surface area contributed by atoms with E-state index in [0.717, 1.165) is 16.7 Å². The minimum atomic E-state index is -1.58. The molecule has 0 aromatic heterocycles. The summed E-state index contributed by atoms with van der Waals surface area (Å²) < 4.78 is 13.5. The van der Waals surface area contributed by atoms with Gasteiger partial charge in [-0.1, -0.05) is 65.7 Å². The van der Waals surface area contributed by atoms with E-state index in [4.69, 9.17) is 11.6 Å². The summed E-state index contributed by atoms with van der Waals surface area (Å²) in [4.78, 5) is 29.3. The van der Waals surface area contributed by atoms with E-state index in [2.05, 4.69) is 5.32 Å². The molecule has 36 heavy (non-hydrogen) atoms. The smallest absolute Gasteiger partial charge is 0.259 e. The summed E-state index contributed by atoms with van der Waals surface area (Å²) in [5.74, 6) is -0.547. The number of hydrogen-bond donors (Lipinski definition) is 1. The molecule has 7 heteroatoms. The second kappa shape index (κ2) is 10.1. The second-order valence-electron chi connectivity index (χ2n) is 8.63. The van der Waals surface area contributed by atoms with Crippen molar-refractivity contribution in [3.05, 3.63) is 124 Å². The lowest BCUT2D eigenvalue weighted by atomic mass is 10.1. The maximum absolute atomic E-state index is 13.7. The van der Waals surface area contributed by atoms with Gasteiger partial charge in [0.2, 0.25) is 0 Å². The van der Waals surface area contributed by atoms with Gasteiger partial charge in [0.15, 0.2) is 0 Å². The predicted molar refractivity (Wildman–Crippen MR) is 142 cm³/mol. The summed E-state index contributed by atoms with van der Waals surface area (Å²) in [6.45, 7) is 2.63. The lowest BCUT2D eigenvalue weighted by molar-refractivity contribution is 0.0947. The standard InChI is InChI=1S/C29H23ClN2O3S/c1-19-6-8-20(9-7-19)17-31-28(33)22-12-15-27-25(16-22)32(18-21-10-13-23(30)14-11-21)29(34)24-4-2-3-5-26(24)36(27)35/h2-16H,17-18H2,1H3,(H,31,33)/t36-/m0/s1. The molecule has 0 radical (unpaired) electrons. The highest BCUT2D eigenvalue weighted by molar-refractivity contribution is 7.85. The van der Waals surface area contributed by atoms with Crippen molar-refractivity contribution in [1.82, 2.24) is 5.32 Å². The first-order valence-electron chi connectivity index (χ1n) is 11.5. The highest BCUT2D eigenvalue weighted by atomic mass is 35.5. The zero-order chi connectivity index (χ0) is 25.2. The zero-order valence-corrected chi connectivity index (χ0v) is 21.1. The Kier molecular flexibility index (Phi) is 6.72. The molecule has 0 unspecified atom stereocenters. The van der Waals surface area contributed by atoms with Gasteiger partial charge in [0.25, 0.3) is 11.8 Å². The number of nitrogens with zero attached hydrogens (tertiary/aromatic N) is 1. The molecule has 1 heterocycles. The Morgan fingerprint density at radius 2 is 1.58 bits per heavy atom. The van der Waals surface area contributed by atoms with Gasteiger partial charge in [-0.2, -0.15) is 0 Å². The number of benzene rings is 4. The van der Waals surface area contributed by atoms with Crippen molar-refractivity contribution in [2.24, 2.45) is 0 Å². The van der Waals surface area contributed by atoms with Crippen LogP contribution in [0.4, 0.5) is 5.69 Å². The van der Waals surface area contributed by atoms with Crippen LogP contribution in [-0.4, -0.2) is 16.0 Å². The van der Waals surface area contributed by atoms with Crippen LogP contribution in [0.15, 0.2) is 101 Å². The molecule has 4 aromatic carbocycles. The molecule has 1 aliphatic rings. The third-order valence-electron chi connectivity index (χ3n) is 6.10. The third-order valence-corrected chi connectivity index (χ3v) is 7.85. The van der Waals surface area contributed by atoms with Gasteiger partial charge in [-0.25, -0.2) is 4.21 Å². The highest BCUT2D eigenvalue weighted by Crippen LogP contribution is 2.36. The van der Waals surface area contributed by atoms with Crippen molar-refractivity contribution in [3.8, 4) is 0 Å². The van der Waals surface area contributed by atoms with Crippen LogP contribution in [0, 0.1) is 6.92 Å². The SMILES string of the molecule is Cc1ccc(CNC(=O)c2ccc3c(c2)N(Cc2ccc(Cl)cc2)C(=O)c2ccccc2[S@@]3=O)cc1. The van der Waals surface area contributed by atoms with Crippen molar-refractivity contribution >= 4 is 39.9 Å². The minimum absolute atomic E-state index is 0.239. The number of nitrogens with one attached hydrogen (secondary N) is 1. The van der Waals surface area contributed by atoms with Crippen molar-refractivity contribution in [1.29, 1.82) is 0 Å². The topological polar surface area (TPSA) is 66.5 Å². The molecular formula is C29H23ClN2O3S. The highest BCUT2D eigenvalue weighted by Gasteiger charge is 2.31. The van der Waals surface area contributed by atoms with E-state index in [9.17, 15) is 13.8 Å². The minimum Gasteiger partial charge on any atom is -0.348 e. The quantitative estimate of drug-likeness (QED) is 0.360. The van der Waals surface area contributed by atoms with E-state index in [0.29, 0.717) is 38.2 Å². The maximum Gasteiger partial charge on any atom is 0.259 e. The van der Waals surface area contributed by atoms with Crippen molar-refractivity contribution in [2.75, 3.05) is 4.90 Å². The molecule has 1 aliphatic heterocycles. The van der Waals surface area contributed by atoms with Gasteiger partial charge >= 0.3 is 0 Å². The van der Waals surface area contributed by atoms with Crippen LogP contribution in [0.25, 0.3) is 0 Å². The fraction of sp³-hybridized carbons (Fsp3) is 0.103. The normalized spacial score (nSPS) is 14.6. The van der Waals surface area contributed by atoms with Gasteiger partial charge in [-0.3, -0.25) is 9.59 Å². The Bertz CT molecular complexity index is 1480. The number of anilines is 1. The number of aryl methyl sites for hydroxylation is 1. The Morgan fingerprint density at radius 1 is 0.889 bits per heavy atom. The van der Waals surface area contributed by atoms with Gasteiger partial charge in [0, 0.05) is 17.1 Å². The van der Waals surface area contributed by atoms with Crippen molar-refractivity contribution in [3.63, 3.8) is 0 Å². The second-order valence-corrected chi connectivity index (χ2v) is 10.5. The summed E-state index contributed by atoms with van der Waals surface area (Å²) in [6, 6.07) is 27.1. The van der Waals surface area contributed by atoms with Crippen LogP contribution in [0.2, 0.25) is 5.02 Å². The molecule has 5 rings (SSSR count). The molecule has 1 atom stereocenters. The monoisotopic (exact) mass is 514 g/mol. The van der Waals surface area contributed by atoms with Gasteiger partial charge in [-0.05, 0) is 60.5 Å². The fourth-order valence-corrected chi connectivity index (χ4v) is 5.60. The van der Waals surface area contributed by atoms with Crippen LogP contribution in [0.5, 0.6) is 0 Å². The molecule has 180 valence electrons. The fourth-order valence-electron chi connectivity index (χ4n) is 4.12. The lowest BCUT2D eigenvalue weighted by Gasteiger charge is -2.23. The molecule has 0 bridgehead atoms.